The SMILES string of the molecule is O=C(O)CSc1nccn2cnnc12. The Bertz CT molecular complexity index is 469. The van der Waals surface area contributed by atoms with E-state index in [9.17, 15) is 4.79 Å². The van der Waals surface area contributed by atoms with Crippen LogP contribution in [-0.4, -0.2) is 36.4 Å². The molecule has 0 saturated heterocycles. The first kappa shape index (κ1) is 8.95. The lowest BCUT2D eigenvalue weighted by molar-refractivity contribution is -0.133. The Morgan fingerprint density at radius 2 is 2.50 bits per heavy atom. The van der Waals surface area contributed by atoms with Gasteiger partial charge < -0.3 is 5.11 Å². The number of carbonyl (C=O) groups is 1. The summed E-state index contributed by atoms with van der Waals surface area (Å²) in [5.41, 5.74) is 0.582. The largest absolute Gasteiger partial charge is 0.481 e. The second kappa shape index (κ2) is 3.62. The fraction of sp³-hybridized carbons (Fsp3) is 0.143. The van der Waals surface area contributed by atoms with Crippen LogP contribution in [0.4, 0.5) is 0 Å². The van der Waals surface area contributed by atoms with E-state index in [1.807, 2.05) is 0 Å². The normalized spacial score (nSPS) is 10.6. The maximum atomic E-state index is 10.4. The summed E-state index contributed by atoms with van der Waals surface area (Å²) < 4.78 is 1.69. The van der Waals surface area contributed by atoms with Crippen molar-refractivity contribution in [2.45, 2.75) is 5.03 Å². The molecular weight excluding hydrogens is 204 g/mol. The minimum Gasteiger partial charge on any atom is -0.481 e. The molecule has 7 heteroatoms. The zero-order valence-corrected chi connectivity index (χ0v) is 7.81. The summed E-state index contributed by atoms with van der Waals surface area (Å²) in [4.78, 5) is 14.4. The summed E-state index contributed by atoms with van der Waals surface area (Å²) in [5, 5.41) is 16.6. The van der Waals surface area contributed by atoms with Crippen LogP contribution in [0.5, 0.6) is 0 Å². The molecular formula is C7H6N4O2S. The fourth-order valence-corrected chi connectivity index (χ4v) is 1.64. The third kappa shape index (κ3) is 1.67. The Kier molecular flexibility index (Phi) is 2.32. The van der Waals surface area contributed by atoms with Gasteiger partial charge in [0.05, 0.1) is 5.75 Å². The van der Waals surface area contributed by atoms with Gasteiger partial charge in [0.25, 0.3) is 0 Å². The van der Waals surface area contributed by atoms with Gasteiger partial charge in [0.1, 0.15) is 11.4 Å². The molecule has 6 nitrogen and oxygen atoms in total. The molecule has 0 spiro atoms. The topological polar surface area (TPSA) is 80.4 Å². The summed E-state index contributed by atoms with van der Waals surface area (Å²) >= 11 is 1.13. The van der Waals surface area contributed by atoms with Crippen LogP contribution in [0, 0.1) is 0 Å². The number of hydrogen-bond donors (Lipinski definition) is 1. The van der Waals surface area contributed by atoms with Crippen molar-refractivity contribution in [3.05, 3.63) is 18.7 Å². The number of hydrogen-bond acceptors (Lipinski definition) is 5. The van der Waals surface area contributed by atoms with Crippen molar-refractivity contribution >= 4 is 23.4 Å². The lowest BCUT2D eigenvalue weighted by Gasteiger charge is -1.98. The van der Waals surface area contributed by atoms with E-state index >= 15 is 0 Å². The zero-order chi connectivity index (χ0) is 9.97. The summed E-state index contributed by atoms with van der Waals surface area (Å²) in [6.07, 6.45) is 4.84. The number of thioether (sulfide) groups is 1. The molecule has 2 aromatic heterocycles. The van der Waals surface area contributed by atoms with Crippen molar-refractivity contribution in [1.82, 2.24) is 19.6 Å². The molecule has 2 heterocycles. The molecule has 14 heavy (non-hydrogen) atoms. The van der Waals surface area contributed by atoms with Crippen LogP contribution in [0.15, 0.2) is 23.7 Å². The van der Waals surface area contributed by atoms with Crippen molar-refractivity contribution in [3.63, 3.8) is 0 Å². The molecule has 2 aromatic rings. The molecule has 0 radical (unpaired) electrons. The molecule has 0 bridgehead atoms. The van der Waals surface area contributed by atoms with Crippen LogP contribution < -0.4 is 0 Å². The highest BCUT2D eigenvalue weighted by Crippen LogP contribution is 2.18. The quantitative estimate of drug-likeness (QED) is 0.734. The average Bonchev–Trinajstić information content (AvgIpc) is 2.62. The van der Waals surface area contributed by atoms with Gasteiger partial charge in [-0.1, -0.05) is 11.8 Å². The predicted octanol–water partition coefficient (Wildman–Crippen LogP) is 0.301. The molecule has 0 aromatic carbocycles. The number of carboxylic acids is 1. The molecule has 72 valence electrons. The standard InChI is InChI=1S/C7H6N4O2S/c12-5(13)3-14-7-6-10-9-4-11(6)2-1-8-7/h1-2,4H,3H2,(H,12,13). The van der Waals surface area contributed by atoms with E-state index in [2.05, 4.69) is 15.2 Å². The first-order valence-electron chi connectivity index (χ1n) is 3.76. The van der Waals surface area contributed by atoms with Crippen LogP contribution in [0.25, 0.3) is 5.65 Å². The molecule has 0 unspecified atom stereocenters. The number of carboxylic acid groups (broad SMARTS) is 1. The van der Waals surface area contributed by atoms with Crippen LogP contribution in [0.1, 0.15) is 0 Å². The monoisotopic (exact) mass is 210 g/mol. The minimum atomic E-state index is -0.877. The van der Waals surface area contributed by atoms with Gasteiger partial charge in [-0.3, -0.25) is 9.20 Å². The third-order valence-electron chi connectivity index (χ3n) is 1.52. The Morgan fingerprint density at radius 3 is 3.29 bits per heavy atom. The molecule has 0 saturated carbocycles. The van der Waals surface area contributed by atoms with E-state index < -0.39 is 5.97 Å². The maximum Gasteiger partial charge on any atom is 0.313 e. The summed E-state index contributed by atoms with van der Waals surface area (Å²) in [5.74, 6) is -0.905. The van der Waals surface area contributed by atoms with E-state index in [0.717, 1.165) is 11.8 Å². The van der Waals surface area contributed by atoms with Gasteiger partial charge in [0, 0.05) is 12.4 Å². The van der Waals surface area contributed by atoms with E-state index in [0.29, 0.717) is 10.7 Å². The lowest BCUT2D eigenvalue weighted by Crippen LogP contribution is -1.99. The van der Waals surface area contributed by atoms with Crippen LogP contribution in [0.3, 0.4) is 0 Å². The highest BCUT2D eigenvalue weighted by atomic mass is 32.2. The molecule has 2 rings (SSSR count). The van der Waals surface area contributed by atoms with Crippen LogP contribution >= 0.6 is 11.8 Å². The van der Waals surface area contributed by atoms with Crippen molar-refractivity contribution < 1.29 is 9.90 Å². The van der Waals surface area contributed by atoms with Crippen LogP contribution in [0.2, 0.25) is 0 Å². The number of nitrogens with zero attached hydrogens (tertiary/aromatic N) is 4. The first-order chi connectivity index (χ1) is 6.77. The van der Waals surface area contributed by atoms with Crippen LogP contribution in [-0.2, 0) is 4.79 Å². The molecule has 0 amide bonds. The molecule has 0 aliphatic rings. The highest BCUT2D eigenvalue weighted by Gasteiger charge is 2.07. The molecule has 0 atom stereocenters. The number of aromatic nitrogens is 4. The van der Waals surface area contributed by atoms with Gasteiger partial charge in [-0.05, 0) is 0 Å². The number of aliphatic carboxylic acids is 1. The van der Waals surface area contributed by atoms with Gasteiger partial charge in [0.2, 0.25) is 0 Å². The van der Waals surface area contributed by atoms with Gasteiger partial charge in [-0.2, -0.15) is 0 Å². The molecule has 1 N–H and O–H groups in total. The lowest BCUT2D eigenvalue weighted by atomic mass is 10.7. The summed E-state index contributed by atoms with van der Waals surface area (Å²) in [6, 6.07) is 0. The van der Waals surface area contributed by atoms with E-state index in [1.54, 1.807) is 23.1 Å². The predicted molar refractivity (Wildman–Crippen MR) is 49.1 cm³/mol. The zero-order valence-electron chi connectivity index (χ0n) is 6.99. The Balaban J connectivity index is 2.32. The smallest absolute Gasteiger partial charge is 0.313 e. The van der Waals surface area contributed by atoms with Gasteiger partial charge in [-0.25, -0.2) is 4.98 Å². The minimum absolute atomic E-state index is 0.0282. The van der Waals surface area contributed by atoms with E-state index in [-0.39, 0.29) is 5.75 Å². The van der Waals surface area contributed by atoms with Gasteiger partial charge in [0.15, 0.2) is 5.65 Å². The fourth-order valence-electron chi connectivity index (χ4n) is 0.967. The summed E-state index contributed by atoms with van der Waals surface area (Å²) in [7, 11) is 0. The van der Waals surface area contributed by atoms with Gasteiger partial charge in [-0.15, -0.1) is 10.2 Å². The molecule has 0 fully saturated rings. The number of rotatable bonds is 3. The number of fused-ring (bicyclic) bond motifs is 1. The Hall–Kier alpha value is -1.63. The van der Waals surface area contributed by atoms with Gasteiger partial charge >= 0.3 is 5.97 Å². The van der Waals surface area contributed by atoms with Crippen molar-refractivity contribution in [2.75, 3.05) is 5.75 Å². The van der Waals surface area contributed by atoms with Crippen molar-refractivity contribution in [1.29, 1.82) is 0 Å². The molecule has 0 aliphatic heterocycles. The van der Waals surface area contributed by atoms with E-state index in [4.69, 9.17) is 5.11 Å². The third-order valence-corrected chi connectivity index (χ3v) is 2.47. The Morgan fingerprint density at radius 1 is 1.64 bits per heavy atom. The van der Waals surface area contributed by atoms with E-state index in [1.165, 1.54) is 0 Å². The second-order valence-electron chi connectivity index (χ2n) is 2.48. The molecule has 0 aliphatic carbocycles. The first-order valence-corrected chi connectivity index (χ1v) is 4.75. The second-order valence-corrected chi connectivity index (χ2v) is 3.44. The van der Waals surface area contributed by atoms with Crippen molar-refractivity contribution in [2.24, 2.45) is 0 Å². The Labute approximate surface area is 83.0 Å². The average molecular weight is 210 g/mol. The highest BCUT2D eigenvalue weighted by molar-refractivity contribution is 8.00. The maximum absolute atomic E-state index is 10.4. The van der Waals surface area contributed by atoms with Crippen molar-refractivity contribution in [3.8, 4) is 0 Å². The summed E-state index contributed by atoms with van der Waals surface area (Å²) in [6.45, 7) is 0.